The molecule has 0 fully saturated rings. The zero-order valence-electron chi connectivity index (χ0n) is 6.99. The lowest BCUT2D eigenvalue weighted by molar-refractivity contribution is 0.475. The summed E-state index contributed by atoms with van der Waals surface area (Å²) < 4.78 is 0. The summed E-state index contributed by atoms with van der Waals surface area (Å²) in [6, 6.07) is 8.76. The third kappa shape index (κ3) is 1.36. The molecule has 0 aliphatic rings. The first kappa shape index (κ1) is 7.73. The summed E-state index contributed by atoms with van der Waals surface area (Å²) in [7, 11) is 0. The molecule has 1 aromatic carbocycles. The van der Waals surface area contributed by atoms with Gasteiger partial charge in [-0.05, 0) is 18.2 Å². The molecular formula is C10H10N2O. The summed E-state index contributed by atoms with van der Waals surface area (Å²) in [6.45, 7) is 0. The van der Waals surface area contributed by atoms with Gasteiger partial charge in [0.25, 0.3) is 0 Å². The maximum atomic E-state index is 9.25. The summed E-state index contributed by atoms with van der Waals surface area (Å²) in [5.74, 6) is 0.242. The van der Waals surface area contributed by atoms with Crippen LogP contribution in [0.4, 0.5) is 5.69 Å². The van der Waals surface area contributed by atoms with Crippen LogP contribution in [-0.2, 0) is 0 Å². The quantitative estimate of drug-likeness (QED) is 0.619. The normalized spacial score (nSPS) is 10.2. The molecule has 1 heterocycles. The molecular weight excluding hydrogens is 164 g/mol. The summed E-state index contributed by atoms with van der Waals surface area (Å²) in [5, 5.41) is 9.25. The van der Waals surface area contributed by atoms with Gasteiger partial charge in [0.2, 0.25) is 0 Å². The smallest absolute Gasteiger partial charge is 0.116 e. The SMILES string of the molecule is Nc1cc[nH]c1-c1cccc(O)c1. The maximum absolute atomic E-state index is 9.25. The molecule has 3 heteroatoms. The van der Waals surface area contributed by atoms with Crippen LogP contribution in [0.3, 0.4) is 0 Å². The van der Waals surface area contributed by atoms with Crippen molar-refractivity contribution in [2.24, 2.45) is 0 Å². The number of nitrogen functional groups attached to an aromatic ring is 1. The maximum Gasteiger partial charge on any atom is 0.116 e. The molecule has 0 radical (unpaired) electrons. The zero-order chi connectivity index (χ0) is 9.26. The molecule has 0 spiro atoms. The topological polar surface area (TPSA) is 62.0 Å². The third-order valence-corrected chi connectivity index (χ3v) is 1.91. The minimum atomic E-state index is 0.242. The van der Waals surface area contributed by atoms with Crippen LogP contribution in [-0.4, -0.2) is 10.1 Å². The van der Waals surface area contributed by atoms with Crippen molar-refractivity contribution in [1.29, 1.82) is 0 Å². The minimum Gasteiger partial charge on any atom is -0.508 e. The summed E-state index contributed by atoms with van der Waals surface area (Å²) in [4.78, 5) is 3.01. The van der Waals surface area contributed by atoms with Crippen molar-refractivity contribution in [2.45, 2.75) is 0 Å². The Kier molecular flexibility index (Phi) is 1.70. The highest BCUT2D eigenvalue weighted by Gasteiger charge is 2.02. The highest BCUT2D eigenvalue weighted by Crippen LogP contribution is 2.26. The molecule has 3 nitrogen and oxygen atoms in total. The molecule has 0 saturated carbocycles. The van der Waals surface area contributed by atoms with E-state index in [-0.39, 0.29) is 5.75 Å². The molecule has 0 amide bonds. The van der Waals surface area contributed by atoms with Crippen LogP contribution in [0.15, 0.2) is 36.5 Å². The van der Waals surface area contributed by atoms with Crippen LogP contribution in [0.5, 0.6) is 5.75 Å². The molecule has 2 rings (SSSR count). The number of benzene rings is 1. The van der Waals surface area contributed by atoms with Crippen molar-refractivity contribution >= 4 is 5.69 Å². The Morgan fingerprint density at radius 3 is 2.69 bits per heavy atom. The summed E-state index contributed by atoms with van der Waals surface area (Å²) in [5.41, 5.74) is 8.13. The van der Waals surface area contributed by atoms with E-state index < -0.39 is 0 Å². The van der Waals surface area contributed by atoms with E-state index >= 15 is 0 Å². The fourth-order valence-electron chi connectivity index (χ4n) is 1.29. The van der Waals surface area contributed by atoms with E-state index in [1.165, 1.54) is 0 Å². The van der Waals surface area contributed by atoms with Gasteiger partial charge in [-0.3, -0.25) is 0 Å². The van der Waals surface area contributed by atoms with Gasteiger partial charge in [0.15, 0.2) is 0 Å². The molecule has 66 valence electrons. The van der Waals surface area contributed by atoms with Crippen LogP contribution >= 0.6 is 0 Å². The lowest BCUT2D eigenvalue weighted by atomic mass is 10.1. The van der Waals surface area contributed by atoms with E-state index in [1.807, 2.05) is 6.07 Å². The van der Waals surface area contributed by atoms with Gasteiger partial charge in [-0.25, -0.2) is 0 Å². The summed E-state index contributed by atoms with van der Waals surface area (Å²) >= 11 is 0. The Hall–Kier alpha value is -1.90. The predicted octanol–water partition coefficient (Wildman–Crippen LogP) is 1.97. The van der Waals surface area contributed by atoms with Gasteiger partial charge in [-0.1, -0.05) is 12.1 Å². The number of aromatic amines is 1. The number of aromatic nitrogens is 1. The number of hydrogen-bond donors (Lipinski definition) is 3. The number of phenolic OH excluding ortho intramolecular Hbond substituents is 1. The molecule has 0 unspecified atom stereocenters. The average molecular weight is 174 g/mol. The Labute approximate surface area is 75.8 Å². The van der Waals surface area contributed by atoms with Crippen LogP contribution in [0.25, 0.3) is 11.3 Å². The Morgan fingerprint density at radius 1 is 1.23 bits per heavy atom. The lowest BCUT2D eigenvalue weighted by Crippen LogP contribution is -1.85. The molecule has 0 saturated heterocycles. The number of hydrogen-bond acceptors (Lipinski definition) is 2. The second-order valence-corrected chi connectivity index (χ2v) is 2.86. The highest BCUT2D eigenvalue weighted by molar-refractivity contribution is 5.73. The first-order valence-corrected chi connectivity index (χ1v) is 3.99. The van der Waals surface area contributed by atoms with Gasteiger partial charge in [-0.15, -0.1) is 0 Å². The minimum absolute atomic E-state index is 0.242. The van der Waals surface area contributed by atoms with Crippen molar-refractivity contribution in [3.8, 4) is 17.0 Å². The number of anilines is 1. The molecule has 0 aliphatic heterocycles. The zero-order valence-corrected chi connectivity index (χ0v) is 6.99. The van der Waals surface area contributed by atoms with Gasteiger partial charge in [-0.2, -0.15) is 0 Å². The van der Waals surface area contributed by atoms with Crippen molar-refractivity contribution in [2.75, 3.05) is 5.73 Å². The number of aromatic hydroxyl groups is 1. The molecule has 2 aromatic rings. The Morgan fingerprint density at radius 2 is 2.08 bits per heavy atom. The van der Waals surface area contributed by atoms with Crippen molar-refractivity contribution in [1.82, 2.24) is 4.98 Å². The van der Waals surface area contributed by atoms with Crippen LogP contribution in [0, 0.1) is 0 Å². The monoisotopic (exact) mass is 174 g/mol. The number of nitrogens with one attached hydrogen (secondary N) is 1. The third-order valence-electron chi connectivity index (χ3n) is 1.91. The average Bonchev–Trinajstić information content (AvgIpc) is 2.51. The van der Waals surface area contributed by atoms with Crippen molar-refractivity contribution in [3.05, 3.63) is 36.5 Å². The second-order valence-electron chi connectivity index (χ2n) is 2.86. The predicted molar refractivity (Wildman–Crippen MR) is 52.3 cm³/mol. The van der Waals surface area contributed by atoms with Crippen LogP contribution < -0.4 is 5.73 Å². The molecule has 1 aromatic heterocycles. The molecule has 0 atom stereocenters. The number of H-pyrrole nitrogens is 1. The van der Waals surface area contributed by atoms with Gasteiger partial charge >= 0.3 is 0 Å². The molecule has 0 aliphatic carbocycles. The molecule has 4 N–H and O–H groups in total. The molecule has 13 heavy (non-hydrogen) atoms. The Bertz CT molecular complexity index is 420. The van der Waals surface area contributed by atoms with Crippen molar-refractivity contribution in [3.63, 3.8) is 0 Å². The fourth-order valence-corrected chi connectivity index (χ4v) is 1.29. The van der Waals surface area contributed by atoms with Crippen LogP contribution in [0.2, 0.25) is 0 Å². The molecule has 0 bridgehead atoms. The number of nitrogens with two attached hydrogens (primary N) is 1. The van der Waals surface area contributed by atoms with E-state index in [9.17, 15) is 5.11 Å². The summed E-state index contributed by atoms with van der Waals surface area (Å²) in [6.07, 6.45) is 1.77. The lowest BCUT2D eigenvalue weighted by Gasteiger charge is -2.00. The van der Waals surface area contributed by atoms with Gasteiger partial charge in [0.05, 0.1) is 11.4 Å². The highest BCUT2D eigenvalue weighted by atomic mass is 16.3. The first-order chi connectivity index (χ1) is 6.27. The van der Waals surface area contributed by atoms with Gasteiger partial charge in [0.1, 0.15) is 5.75 Å². The van der Waals surface area contributed by atoms with Gasteiger partial charge in [0, 0.05) is 11.8 Å². The number of rotatable bonds is 1. The van der Waals surface area contributed by atoms with Gasteiger partial charge < -0.3 is 15.8 Å². The van der Waals surface area contributed by atoms with E-state index in [2.05, 4.69) is 4.98 Å². The van der Waals surface area contributed by atoms with E-state index in [1.54, 1.807) is 30.5 Å². The van der Waals surface area contributed by atoms with E-state index in [4.69, 9.17) is 5.73 Å². The standard InChI is InChI=1S/C10H10N2O/c11-9-4-5-12-10(9)7-2-1-3-8(13)6-7/h1-6,12-13H,11H2. The Balaban J connectivity index is 2.53. The second kappa shape index (κ2) is 2.86. The largest absolute Gasteiger partial charge is 0.508 e. The number of phenols is 1. The van der Waals surface area contributed by atoms with Crippen molar-refractivity contribution < 1.29 is 5.11 Å². The van der Waals surface area contributed by atoms with E-state index in [0.29, 0.717) is 5.69 Å². The van der Waals surface area contributed by atoms with E-state index in [0.717, 1.165) is 11.3 Å². The fraction of sp³-hybridized carbons (Fsp3) is 0. The van der Waals surface area contributed by atoms with Crippen LogP contribution in [0.1, 0.15) is 0 Å². The first-order valence-electron chi connectivity index (χ1n) is 3.99.